The van der Waals surface area contributed by atoms with E-state index in [0.717, 1.165) is 0 Å². The maximum absolute atomic E-state index is 2.42. The molecule has 0 fully saturated rings. The Kier molecular flexibility index (Phi) is 2.68. The van der Waals surface area contributed by atoms with Crippen molar-refractivity contribution in [3.63, 3.8) is 0 Å². The summed E-state index contributed by atoms with van der Waals surface area (Å²) in [5.74, 6) is 0.555. The first-order valence-corrected chi connectivity index (χ1v) is 7.82. The average Bonchev–Trinajstić information content (AvgIpc) is 2.76. The molecule has 104 valence electrons. The third kappa shape index (κ3) is 1.82. The molecule has 3 aromatic rings. The van der Waals surface area contributed by atoms with Gasteiger partial charge in [0.15, 0.2) is 0 Å². The van der Waals surface area contributed by atoms with Crippen molar-refractivity contribution in [3.05, 3.63) is 70.8 Å². The molecule has 1 unspecified atom stereocenters. The third-order valence-electron chi connectivity index (χ3n) is 4.82. The Labute approximate surface area is 126 Å². The highest BCUT2D eigenvalue weighted by Gasteiger charge is 2.27. The van der Waals surface area contributed by atoms with Crippen molar-refractivity contribution < 1.29 is 0 Å². The van der Waals surface area contributed by atoms with Crippen LogP contribution in [0.5, 0.6) is 0 Å². The average molecular weight is 272 g/mol. The Balaban J connectivity index is 2.04. The van der Waals surface area contributed by atoms with Crippen molar-refractivity contribution in [2.75, 3.05) is 0 Å². The van der Waals surface area contributed by atoms with E-state index in [2.05, 4.69) is 69.3 Å². The Morgan fingerprint density at radius 1 is 0.714 bits per heavy atom. The van der Waals surface area contributed by atoms with Crippen LogP contribution in [0, 0.1) is 13.8 Å². The second-order valence-electron chi connectivity index (χ2n) is 6.34. The summed E-state index contributed by atoms with van der Waals surface area (Å²) in [6.45, 7) is 6.66. The van der Waals surface area contributed by atoms with Gasteiger partial charge in [0.1, 0.15) is 0 Å². The molecule has 0 aliphatic heterocycles. The van der Waals surface area contributed by atoms with Gasteiger partial charge in [0, 0.05) is 5.92 Å². The van der Waals surface area contributed by atoms with Crippen LogP contribution >= 0.6 is 0 Å². The van der Waals surface area contributed by atoms with Crippen molar-refractivity contribution in [3.8, 4) is 11.1 Å². The molecule has 1 atom stereocenters. The van der Waals surface area contributed by atoms with E-state index < -0.39 is 0 Å². The maximum atomic E-state index is 2.42. The van der Waals surface area contributed by atoms with Gasteiger partial charge < -0.3 is 0 Å². The molecule has 0 saturated heterocycles. The smallest absolute Gasteiger partial charge is 0.00993 e. The molecule has 0 radical (unpaired) electrons. The lowest BCUT2D eigenvalue weighted by molar-refractivity contribution is 0.797. The van der Waals surface area contributed by atoms with E-state index in [1.165, 1.54) is 50.6 Å². The van der Waals surface area contributed by atoms with Gasteiger partial charge in [-0.1, -0.05) is 54.4 Å². The van der Waals surface area contributed by atoms with E-state index in [1.54, 1.807) is 0 Å². The van der Waals surface area contributed by atoms with Gasteiger partial charge in [0.25, 0.3) is 0 Å². The first kappa shape index (κ1) is 12.6. The van der Waals surface area contributed by atoms with Crippen LogP contribution in [-0.2, 0) is 0 Å². The summed E-state index contributed by atoms with van der Waals surface area (Å²) in [5, 5.41) is 2.72. The molecule has 0 spiro atoms. The summed E-state index contributed by atoms with van der Waals surface area (Å²) in [5.41, 5.74) is 8.59. The van der Waals surface area contributed by atoms with E-state index in [-0.39, 0.29) is 0 Å². The number of aryl methyl sites for hydroxylation is 2. The van der Waals surface area contributed by atoms with Gasteiger partial charge in [-0.05, 0) is 65.4 Å². The summed E-state index contributed by atoms with van der Waals surface area (Å²) in [4.78, 5) is 0. The number of fused-ring (bicyclic) bond motifs is 4. The SMILES string of the molecule is CCC1c2cc(C)ccc2-c2cc3ccc(C)cc3cc21. The van der Waals surface area contributed by atoms with Crippen molar-refractivity contribution in [1.82, 2.24) is 0 Å². The highest BCUT2D eigenvalue weighted by molar-refractivity contribution is 5.93. The van der Waals surface area contributed by atoms with Gasteiger partial charge in [-0.25, -0.2) is 0 Å². The predicted octanol–water partition coefficient (Wildman–Crippen LogP) is 5.98. The number of benzene rings is 3. The highest BCUT2D eigenvalue weighted by atomic mass is 14.3. The molecule has 21 heavy (non-hydrogen) atoms. The van der Waals surface area contributed by atoms with Crippen LogP contribution in [0.15, 0.2) is 48.5 Å². The summed E-state index contributed by atoms with van der Waals surface area (Å²) >= 11 is 0. The van der Waals surface area contributed by atoms with E-state index in [0.29, 0.717) is 5.92 Å². The van der Waals surface area contributed by atoms with Crippen LogP contribution in [0.25, 0.3) is 21.9 Å². The fraction of sp³-hybridized carbons (Fsp3) is 0.238. The zero-order chi connectivity index (χ0) is 14.6. The van der Waals surface area contributed by atoms with Crippen LogP contribution in [0.3, 0.4) is 0 Å². The molecule has 0 aromatic heterocycles. The largest absolute Gasteiger partial charge is 0.0645 e. The van der Waals surface area contributed by atoms with Gasteiger partial charge in [-0.15, -0.1) is 0 Å². The summed E-state index contributed by atoms with van der Waals surface area (Å²) in [7, 11) is 0. The molecule has 4 rings (SSSR count). The standard InChI is InChI=1S/C21H20/c1-4-17-19-10-14(3)6-8-18(19)21-11-15-7-5-13(2)9-16(15)12-20(17)21/h5-12,17H,4H2,1-3H3. The summed E-state index contributed by atoms with van der Waals surface area (Å²) in [6.07, 6.45) is 1.17. The fourth-order valence-electron chi connectivity index (χ4n) is 3.78. The molecular formula is C21H20. The molecule has 0 N–H and O–H groups in total. The molecule has 1 aliphatic rings. The van der Waals surface area contributed by atoms with E-state index in [9.17, 15) is 0 Å². The maximum Gasteiger partial charge on any atom is 0.00993 e. The van der Waals surface area contributed by atoms with Crippen molar-refractivity contribution in [1.29, 1.82) is 0 Å². The lowest BCUT2D eigenvalue weighted by atomic mass is 9.92. The molecule has 0 nitrogen and oxygen atoms in total. The summed E-state index contributed by atoms with van der Waals surface area (Å²) < 4.78 is 0. The van der Waals surface area contributed by atoms with E-state index in [1.807, 2.05) is 0 Å². The zero-order valence-electron chi connectivity index (χ0n) is 12.9. The normalized spacial score (nSPS) is 16.0. The minimum atomic E-state index is 0.555. The first-order chi connectivity index (χ1) is 10.2. The number of rotatable bonds is 1. The first-order valence-electron chi connectivity index (χ1n) is 7.82. The lowest BCUT2D eigenvalue weighted by Crippen LogP contribution is -1.94. The van der Waals surface area contributed by atoms with Gasteiger partial charge in [-0.2, -0.15) is 0 Å². The molecule has 0 heterocycles. The molecule has 1 aliphatic carbocycles. The van der Waals surface area contributed by atoms with E-state index >= 15 is 0 Å². The van der Waals surface area contributed by atoms with Crippen LogP contribution in [-0.4, -0.2) is 0 Å². The van der Waals surface area contributed by atoms with Gasteiger partial charge in [0.05, 0.1) is 0 Å². The van der Waals surface area contributed by atoms with Crippen molar-refractivity contribution in [2.45, 2.75) is 33.1 Å². The highest BCUT2D eigenvalue weighted by Crippen LogP contribution is 2.47. The zero-order valence-corrected chi connectivity index (χ0v) is 12.9. The Bertz CT molecular complexity index is 855. The Morgan fingerprint density at radius 3 is 2.24 bits per heavy atom. The van der Waals surface area contributed by atoms with Gasteiger partial charge in [-0.3, -0.25) is 0 Å². The second-order valence-corrected chi connectivity index (χ2v) is 6.34. The fourth-order valence-corrected chi connectivity index (χ4v) is 3.78. The topological polar surface area (TPSA) is 0 Å². The van der Waals surface area contributed by atoms with Crippen LogP contribution < -0.4 is 0 Å². The third-order valence-corrected chi connectivity index (χ3v) is 4.82. The Morgan fingerprint density at radius 2 is 1.43 bits per heavy atom. The number of hydrogen-bond acceptors (Lipinski definition) is 0. The second kappa shape index (κ2) is 4.46. The van der Waals surface area contributed by atoms with Crippen LogP contribution in [0.1, 0.15) is 41.5 Å². The van der Waals surface area contributed by atoms with E-state index in [4.69, 9.17) is 0 Å². The number of hydrogen-bond donors (Lipinski definition) is 0. The van der Waals surface area contributed by atoms with Crippen molar-refractivity contribution >= 4 is 10.8 Å². The monoisotopic (exact) mass is 272 g/mol. The minimum absolute atomic E-state index is 0.555. The lowest BCUT2D eigenvalue weighted by Gasteiger charge is -2.12. The van der Waals surface area contributed by atoms with Crippen LogP contribution in [0.2, 0.25) is 0 Å². The molecule has 3 aromatic carbocycles. The summed E-state index contributed by atoms with van der Waals surface area (Å²) in [6, 6.07) is 18.5. The van der Waals surface area contributed by atoms with Crippen molar-refractivity contribution in [2.24, 2.45) is 0 Å². The minimum Gasteiger partial charge on any atom is -0.0645 e. The van der Waals surface area contributed by atoms with Gasteiger partial charge in [0.2, 0.25) is 0 Å². The van der Waals surface area contributed by atoms with Gasteiger partial charge >= 0.3 is 0 Å². The molecule has 0 bridgehead atoms. The quantitative estimate of drug-likeness (QED) is 0.511. The molecular weight excluding hydrogens is 252 g/mol. The molecule has 0 heteroatoms. The molecule has 0 saturated carbocycles. The predicted molar refractivity (Wildman–Crippen MR) is 91.0 cm³/mol. The molecule has 0 amide bonds. The van der Waals surface area contributed by atoms with Crippen LogP contribution in [0.4, 0.5) is 0 Å². The Hall–Kier alpha value is -2.08.